The van der Waals surface area contributed by atoms with Gasteiger partial charge in [-0.1, -0.05) is 24.3 Å². The van der Waals surface area contributed by atoms with Gasteiger partial charge in [0.2, 0.25) is 0 Å². The van der Waals surface area contributed by atoms with Gasteiger partial charge >= 0.3 is 5.97 Å². The molecule has 0 saturated carbocycles. The topological polar surface area (TPSA) is 49.8 Å². The molecule has 1 aromatic carbocycles. The van der Waals surface area contributed by atoms with Crippen LogP contribution in [-0.4, -0.2) is 42.3 Å². The molecule has 106 valence electrons. The lowest BCUT2D eigenvalue weighted by molar-refractivity contribution is -0.136. The third kappa shape index (κ3) is 5.59. The van der Waals surface area contributed by atoms with Gasteiger partial charge in [0, 0.05) is 26.1 Å². The number of rotatable bonds is 5. The van der Waals surface area contributed by atoms with E-state index >= 15 is 0 Å². The highest BCUT2D eigenvalue weighted by Crippen LogP contribution is 2.10. The number of ether oxygens (including phenoxy) is 1. The highest BCUT2D eigenvalue weighted by atomic mass is 35.5. The molecule has 19 heavy (non-hydrogen) atoms. The first-order valence-corrected chi connectivity index (χ1v) is 6.34. The predicted octanol–water partition coefficient (Wildman–Crippen LogP) is 1.96. The summed E-state index contributed by atoms with van der Waals surface area (Å²) in [7, 11) is 0. The van der Waals surface area contributed by atoms with Crippen LogP contribution >= 0.6 is 12.4 Å². The number of nitrogens with zero attached hydrogens (tertiary/aromatic N) is 1. The van der Waals surface area contributed by atoms with Gasteiger partial charge in [-0.05, 0) is 17.5 Å². The summed E-state index contributed by atoms with van der Waals surface area (Å²) in [6, 6.07) is 8.23. The van der Waals surface area contributed by atoms with Crippen molar-refractivity contribution in [3.8, 4) is 0 Å². The fourth-order valence-corrected chi connectivity index (χ4v) is 2.08. The first-order valence-electron chi connectivity index (χ1n) is 6.34. The van der Waals surface area contributed by atoms with Gasteiger partial charge in [0.15, 0.2) is 0 Å². The summed E-state index contributed by atoms with van der Waals surface area (Å²) in [5.74, 6) is -0.743. The molecule has 1 aliphatic heterocycles. The number of aryl methyl sites for hydroxylation is 1. The quantitative estimate of drug-likeness (QED) is 0.898. The van der Waals surface area contributed by atoms with Gasteiger partial charge in [0.25, 0.3) is 0 Å². The molecule has 4 nitrogen and oxygen atoms in total. The molecule has 1 heterocycles. The van der Waals surface area contributed by atoms with E-state index in [-0.39, 0.29) is 18.8 Å². The van der Waals surface area contributed by atoms with Crippen LogP contribution in [0, 0.1) is 0 Å². The first kappa shape index (κ1) is 16.0. The fraction of sp³-hybridized carbons (Fsp3) is 0.500. The Morgan fingerprint density at radius 2 is 1.74 bits per heavy atom. The molecule has 1 aliphatic rings. The van der Waals surface area contributed by atoms with E-state index in [9.17, 15) is 4.79 Å². The van der Waals surface area contributed by atoms with E-state index in [1.54, 1.807) is 0 Å². The molecular weight excluding hydrogens is 266 g/mol. The molecule has 2 rings (SSSR count). The highest BCUT2D eigenvalue weighted by molar-refractivity contribution is 5.85. The minimum Gasteiger partial charge on any atom is -0.481 e. The van der Waals surface area contributed by atoms with Gasteiger partial charge in [-0.2, -0.15) is 0 Å². The van der Waals surface area contributed by atoms with Gasteiger partial charge in [-0.15, -0.1) is 12.4 Å². The average Bonchev–Trinajstić information content (AvgIpc) is 2.39. The van der Waals surface area contributed by atoms with Crippen LogP contribution < -0.4 is 0 Å². The maximum Gasteiger partial charge on any atom is 0.303 e. The van der Waals surface area contributed by atoms with E-state index in [0.717, 1.165) is 38.4 Å². The molecule has 1 fully saturated rings. The third-order valence-corrected chi connectivity index (χ3v) is 3.16. The Hall–Kier alpha value is -1.10. The van der Waals surface area contributed by atoms with Crippen molar-refractivity contribution in [3.05, 3.63) is 35.4 Å². The van der Waals surface area contributed by atoms with Crippen molar-refractivity contribution in [3.63, 3.8) is 0 Å². The van der Waals surface area contributed by atoms with Crippen LogP contribution in [-0.2, 0) is 22.5 Å². The molecule has 5 heteroatoms. The van der Waals surface area contributed by atoms with Gasteiger partial charge < -0.3 is 9.84 Å². The maximum absolute atomic E-state index is 10.5. The SMILES string of the molecule is Cl.O=C(O)CCc1ccc(CN2CCOCC2)cc1. The number of hydrogen-bond donors (Lipinski definition) is 1. The van der Waals surface area contributed by atoms with Gasteiger partial charge in [-0.3, -0.25) is 9.69 Å². The summed E-state index contributed by atoms with van der Waals surface area (Å²) in [5, 5.41) is 8.63. The second kappa shape index (κ2) is 8.15. The van der Waals surface area contributed by atoms with Crippen molar-refractivity contribution in [2.24, 2.45) is 0 Å². The highest BCUT2D eigenvalue weighted by Gasteiger charge is 2.10. The van der Waals surface area contributed by atoms with Gasteiger partial charge in [0.1, 0.15) is 0 Å². The number of morpholine rings is 1. The molecule has 0 unspecified atom stereocenters. The fourth-order valence-electron chi connectivity index (χ4n) is 2.08. The van der Waals surface area contributed by atoms with Crippen molar-refractivity contribution in [1.82, 2.24) is 4.90 Å². The number of carbonyl (C=O) groups is 1. The number of carboxylic acid groups (broad SMARTS) is 1. The molecule has 0 spiro atoms. The Morgan fingerprint density at radius 3 is 2.32 bits per heavy atom. The van der Waals surface area contributed by atoms with E-state index in [1.807, 2.05) is 12.1 Å². The Bertz CT molecular complexity index is 388. The van der Waals surface area contributed by atoms with E-state index in [4.69, 9.17) is 9.84 Å². The van der Waals surface area contributed by atoms with Gasteiger partial charge in [-0.25, -0.2) is 0 Å². The molecule has 1 aromatic rings. The molecule has 0 aliphatic carbocycles. The molecule has 0 atom stereocenters. The number of halogens is 1. The smallest absolute Gasteiger partial charge is 0.303 e. The lowest BCUT2D eigenvalue weighted by atomic mass is 10.1. The maximum atomic E-state index is 10.5. The van der Waals surface area contributed by atoms with Gasteiger partial charge in [0.05, 0.1) is 13.2 Å². The van der Waals surface area contributed by atoms with Crippen LogP contribution in [0.15, 0.2) is 24.3 Å². The lowest BCUT2D eigenvalue weighted by Gasteiger charge is -2.26. The Labute approximate surface area is 119 Å². The number of aliphatic carboxylic acids is 1. The van der Waals surface area contributed by atoms with E-state index < -0.39 is 5.97 Å². The lowest BCUT2D eigenvalue weighted by Crippen LogP contribution is -2.35. The second-order valence-corrected chi connectivity index (χ2v) is 4.60. The predicted molar refractivity (Wildman–Crippen MR) is 75.7 cm³/mol. The third-order valence-electron chi connectivity index (χ3n) is 3.16. The Balaban J connectivity index is 0.00000180. The number of hydrogen-bond acceptors (Lipinski definition) is 3. The van der Waals surface area contributed by atoms with Crippen LogP contribution in [0.1, 0.15) is 17.5 Å². The van der Waals surface area contributed by atoms with E-state index in [1.165, 1.54) is 5.56 Å². The van der Waals surface area contributed by atoms with Crippen LogP contribution in [0.5, 0.6) is 0 Å². The first-order chi connectivity index (χ1) is 8.74. The molecule has 0 aromatic heterocycles. The number of benzene rings is 1. The Kier molecular flexibility index (Phi) is 6.84. The van der Waals surface area contributed by atoms with Crippen molar-refractivity contribution in [2.75, 3.05) is 26.3 Å². The summed E-state index contributed by atoms with van der Waals surface area (Å²) in [4.78, 5) is 12.9. The molecule has 0 radical (unpaired) electrons. The van der Waals surface area contributed by atoms with Crippen LogP contribution in [0.3, 0.4) is 0 Å². The number of carboxylic acids is 1. The van der Waals surface area contributed by atoms with Crippen molar-refractivity contribution < 1.29 is 14.6 Å². The summed E-state index contributed by atoms with van der Waals surface area (Å²) >= 11 is 0. The zero-order valence-electron chi connectivity index (χ0n) is 10.9. The molecule has 0 amide bonds. The zero-order chi connectivity index (χ0) is 12.8. The van der Waals surface area contributed by atoms with E-state index in [0.29, 0.717) is 6.42 Å². The normalized spacial score (nSPS) is 15.8. The van der Waals surface area contributed by atoms with Crippen LogP contribution in [0.25, 0.3) is 0 Å². The van der Waals surface area contributed by atoms with Crippen molar-refractivity contribution >= 4 is 18.4 Å². The summed E-state index contributed by atoms with van der Waals surface area (Å²) in [6.45, 7) is 4.55. The van der Waals surface area contributed by atoms with Crippen molar-refractivity contribution in [1.29, 1.82) is 0 Å². The minimum absolute atomic E-state index is 0. The monoisotopic (exact) mass is 285 g/mol. The largest absolute Gasteiger partial charge is 0.481 e. The summed E-state index contributed by atoms with van der Waals surface area (Å²) in [6.07, 6.45) is 0.802. The summed E-state index contributed by atoms with van der Waals surface area (Å²) in [5.41, 5.74) is 2.36. The van der Waals surface area contributed by atoms with Crippen molar-refractivity contribution in [2.45, 2.75) is 19.4 Å². The molecule has 0 bridgehead atoms. The average molecular weight is 286 g/mol. The molecular formula is C14H20ClNO3. The second-order valence-electron chi connectivity index (χ2n) is 4.60. The summed E-state index contributed by atoms with van der Waals surface area (Å²) < 4.78 is 5.31. The standard InChI is InChI=1S/C14H19NO3.ClH/c16-14(17)6-5-12-1-3-13(4-2-12)11-15-7-9-18-10-8-15;/h1-4H,5-11H2,(H,16,17);1H. The van der Waals surface area contributed by atoms with Crippen LogP contribution in [0.2, 0.25) is 0 Å². The zero-order valence-corrected chi connectivity index (χ0v) is 11.7. The van der Waals surface area contributed by atoms with Crippen LogP contribution in [0.4, 0.5) is 0 Å². The van der Waals surface area contributed by atoms with E-state index in [2.05, 4.69) is 17.0 Å². The minimum atomic E-state index is -0.743. The molecule has 1 N–H and O–H groups in total. The Morgan fingerprint density at radius 1 is 1.16 bits per heavy atom. The molecule has 1 saturated heterocycles.